The molecular formula is C10H10N2O2. The van der Waals surface area contributed by atoms with Crippen LogP contribution >= 0.6 is 0 Å². The molecule has 0 aliphatic heterocycles. The molecule has 72 valence electrons. The van der Waals surface area contributed by atoms with Gasteiger partial charge in [-0.05, 0) is 18.1 Å². The molecule has 0 aliphatic carbocycles. The van der Waals surface area contributed by atoms with Crippen LogP contribution < -0.4 is 5.73 Å². The number of rotatable bonds is 1. The standard InChI is InChI=1S/C10H10N2O2/c1-14-10(13)8-4-5-9(12-7-8)3-2-6-11/h4-5,7H,6,11H2,1H3. The highest BCUT2D eigenvalue weighted by atomic mass is 16.5. The van der Waals surface area contributed by atoms with Gasteiger partial charge in [-0.3, -0.25) is 0 Å². The van der Waals surface area contributed by atoms with E-state index in [9.17, 15) is 4.79 Å². The quantitative estimate of drug-likeness (QED) is 0.506. The second kappa shape index (κ2) is 5.00. The van der Waals surface area contributed by atoms with Crippen molar-refractivity contribution in [3.63, 3.8) is 0 Å². The van der Waals surface area contributed by atoms with Crippen molar-refractivity contribution in [3.05, 3.63) is 29.6 Å². The Labute approximate surface area is 82.1 Å². The van der Waals surface area contributed by atoms with Gasteiger partial charge in [0, 0.05) is 6.20 Å². The van der Waals surface area contributed by atoms with Crippen LogP contribution in [0.5, 0.6) is 0 Å². The molecule has 0 aliphatic rings. The van der Waals surface area contributed by atoms with Gasteiger partial charge in [0.15, 0.2) is 0 Å². The zero-order valence-electron chi connectivity index (χ0n) is 7.78. The van der Waals surface area contributed by atoms with Gasteiger partial charge in [0.1, 0.15) is 5.69 Å². The molecule has 0 saturated carbocycles. The summed E-state index contributed by atoms with van der Waals surface area (Å²) >= 11 is 0. The maximum absolute atomic E-state index is 11.0. The van der Waals surface area contributed by atoms with E-state index in [1.165, 1.54) is 13.3 Å². The number of hydrogen-bond donors (Lipinski definition) is 1. The fourth-order valence-corrected chi connectivity index (χ4v) is 0.848. The first-order chi connectivity index (χ1) is 6.77. The molecule has 0 aromatic carbocycles. The van der Waals surface area contributed by atoms with Crippen molar-refractivity contribution < 1.29 is 9.53 Å². The van der Waals surface area contributed by atoms with Crippen molar-refractivity contribution in [2.45, 2.75) is 0 Å². The minimum absolute atomic E-state index is 0.292. The molecular weight excluding hydrogens is 180 g/mol. The zero-order chi connectivity index (χ0) is 10.4. The average Bonchev–Trinajstić information content (AvgIpc) is 2.26. The third-order valence-corrected chi connectivity index (χ3v) is 1.50. The van der Waals surface area contributed by atoms with E-state index in [4.69, 9.17) is 5.73 Å². The summed E-state index contributed by atoms with van der Waals surface area (Å²) in [5, 5.41) is 0. The molecule has 0 bridgehead atoms. The van der Waals surface area contributed by atoms with Gasteiger partial charge in [-0.15, -0.1) is 0 Å². The summed E-state index contributed by atoms with van der Waals surface area (Å²) in [5.41, 5.74) is 6.19. The van der Waals surface area contributed by atoms with Gasteiger partial charge >= 0.3 is 5.97 Å². The van der Waals surface area contributed by atoms with Crippen molar-refractivity contribution in [1.82, 2.24) is 4.98 Å². The van der Waals surface area contributed by atoms with Crippen molar-refractivity contribution in [1.29, 1.82) is 0 Å². The topological polar surface area (TPSA) is 65.2 Å². The number of hydrogen-bond acceptors (Lipinski definition) is 4. The van der Waals surface area contributed by atoms with Crippen LogP contribution in [0.1, 0.15) is 16.1 Å². The number of nitrogens with zero attached hydrogens (tertiary/aromatic N) is 1. The number of ether oxygens (including phenoxy) is 1. The van der Waals surface area contributed by atoms with Crippen LogP contribution in [0.25, 0.3) is 0 Å². The Morgan fingerprint density at radius 1 is 1.64 bits per heavy atom. The second-order valence-corrected chi connectivity index (χ2v) is 2.43. The third kappa shape index (κ3) is 2.57. The van der Waals surface area contributed by atoms with Crippen LogP contribution in [0, 0.1) is 11.8 Å². The van der Waals surface area contributed by atoms with E-state index in [0.29, 0.717) is 17.8 Å². The van der Waals surface area contributed by atoms with E-state index in [-0.39, 0.29) is 0 Å². The van der Waals surface area contributed by atoms with E-state index in [0.717, 1.165) is 0 Å². The fourth-order valence-electron chi connectivity index (χ4n) is 0.848. The number of carbonyl (C=O) groups excluding carboxylic acids is 1. The van der Waals surface area contributed by atoms with E-state index in [1.54, 1.807) is 12.1 Å². The molecule has 4 heteroatoms. The maximum atomic E-state index is 11.0. The number of carbonyl (C=O) groups is 1. The summed E-state index contributed by atoms with van der Waals surface area (Å²) in [6, 6.07) is 3.26. The lowest BCUT2D eigenvalue weighted by atomic mass is 10.2. The summed E-state index contributed by atoms with van der Waals surface area (Å²) in [5.74, 6) is 5.01. The molecule has 0 saturated heterocycles. The largest absolute Gasteiger partial charge is 0.465 e. The van der Waals surface area contributed by atoms with Crippen LogP contribution in [-0.2, 0) is 4.74 Å². The number of methoxy groups -OCH3 is 1. The van der Waals surface area contributed by atoms with Crippen molar-refractivity contribution in [2.75, 3.05) is 13.7 Å². The Bertz CT molecular complexity index is 373. The Morgan fingerprint density at radius 2 is 2.43 bits per heavy atom. The highest BCUT2D eigenvalue weighted by molar-refractivity contribution is 5.88. The van der Waals surface area contributed by atoms with E-state index < -0.39 is 5.97 Å². The Kier molecular flexibility index (Phi) is 3.65. The summed E-state index contributed by atoms with van der Waals surface area (Å²) in [7, 11) is 1.32. The first kappa shape index (κ1) is 10.2. The highest BCUT2D eigenvalue weighted by Crippen LogP contribution is 2.00. The highest BCUT2D eigenvalue weighted by Gasteiger charge is 2.03. The van der Waals surface area contributed by atoms with Crippen molar-refractivity contribution in [3.8, 4) is 11.8 Å². The van der Waals surface area contributed by atoms with Crippen LogP contribution in [0.4, 0.5) is 0 Å². The summed E-state index contributed by atoms with van der Waals surface area (Å²) in [6.45, 7) is 0.292. The molecule has 1 heterocycles. The Morgan fingerprint density at radius 3 is 2.93 bits per heavy atom. The monoisotopic (exact) mass is 190 g/mol. The average molecular weight is 190 g/mol. The van der Waals surface area contributed by atoms with Gasteiger partial charge in [-0.1, -0.05) is 5.92 Å². The minimum atomic E-state index is -0.407. The number of esters is 1. The first-order valence-electron chi connectivity index (χ1n) is 4.01. The van der Waals surface area contributed by atoms with Crippen LogP contribution in [0.3, 0.4) is 0 Å². The molecule has 2 N–H and O–H groups in total. The van der Waals surface area contributed by atoms with Gasteiger partial charge in [0.25, 0.3) is 0 Å². The minimum Gasteiger partial charge on any atom is -0.465 e. The smallest absolute Gasteiger partial charge is 0.339 e. The van der Waals surface area contributed by atoms with Crippen LogP contribution in [0.2, 0.25) is 0 Å². The Balaban J connectivity index is 2.83. The lowest BCUT2D eigenvalue weighted by Crippen LogP contribution is -2.01. The number of aromatic nitrogens is 1. The molecule has 1 rings (SSSR count). The SMILES string of the molecule is COC(=O)c1ccc(C#CCN)nc1. The summed E-state index contributed by atoms with van der Waals surface area (Å²) in [4.78, 5) is 15.0. The van der Waals surface area contributed by atoms with Gasteiger partial charge < -0.3 is 10.5 Å². The van der Waals surface area contributed by atoms with Gasteiger partial charge in [-0.25, -0.2) is 9.78 Å². The van der Waals surface area contributed by atoms with Gasteiger partial charge in [0.05, 0.1) is 19.2 Å². The van der Waals surface area contributed by atoms with Crippen molar-refractivity contribution in [2.24, 2.45) is 5.73 Å². The lowest BCUT2D eigenvalue weighted by Gasteiger charge is -1.97. The predicted octanol–water partition coefficient (Wildman–Crippen LogP) is 0.178. The van der Waals surface area contributed by atoms with Crippen LogP contribution in [-0.4, -0.2) is 24.6 Å². The predicted molar refractivity (Wildman–Crippen MR) is 51.5 cm³/mol. The zero-order valence-corrected chi connectivity index (χ0v) is 7.78. The van der Waals surface area contributed by atoms with Crippen molar-refractivity contribution >= 4 is 5.97 Å². The molecule has 0 spiro atoms. The van der Waals surface area contributed by atoms with E-state index in [1.807, 2.05) is 0 Å². The maximum Gasteiger partial charge on any atom is 0.339 e. The molecule has 0 amide bonds. The normalized spacial score (nSPS) is 8.71. The molecule has 1 aromatic heterocycles. The summed E-state index contributed by atoms with van der Waals surface area (Å²) in [6.07, 6.45) is 1.42. The molecule has 14 heavy (non-hydrogen) atoms. The third-order valence-electron chi connectivity index (χ3n) is 1.50. The molecule has 0 fully saturated rings. The molecule has 4 nitrogen and oxygen atoms in total. The van der Waals surface area contributed by atoms with Gasteiger partial charge in [-0.2, -0.15) is 0 Å². The lowest BCUT2D eigenvalue weighted by molar-refractivity contribution is 0.0600. The van der Waals surface area contributed by atoms with E-state index >= 15 is 0 Å². The number of nitrogens with two attached hydrogens (primary N) is 1. The first-order valence-corrected chi connectivity index (χ1v) is 4.01. The molecule has 0 radical (unpaired) electrons. The molecule has 0 atom stereocenters. The van der Waals surface area contributed by atoms with Crippen LogP contribution in [0.15, 0.2) is 18.3 Å². The summed E-state index contributed by atoms with van der Waals surface area (Å²) < 4.78 is 4.52. The van der Waals surface area contributed by atoms with Gasteiger partial charge in [0.2, 0.25) is 0 Å². The Hall–Kier alpha value is -1.86. The van der Waals surface area contributed by atoms with E-state index in [2.05, 4.69) is 21.6 Å². The molecule has 1 aromatic rings. The fraction of sp³-hybridized carbons (Fsp3) is 0.200. The second-order valence-electron chi connectivity index (χ2n) is 2.43. The number of pyridine rings is 1. The molecule has 0 unspecified atom stereocenters.